The van der Waals surface area contributed by atoms with Gasteiger partial charge in [0.15, 0.2) is 15.7 Å². The van der Waals surface area contributed by atoms with E-state index < -0.39 is 31.4 Å². The molecule has 202 valence electrons. The summed E-state index contributed by atoms with van der Waals surface area (Å²) in [5.74, 6) is 1.13. The first-order chi connectivity index (χ1) is 17.4. The van der Waals surface area contributed by atoms with Crippen LogP contribution < -0.4 is 15.5 Å². The Bertz CT molecular complexity index is 1240. The number of rotatable bonds is 8. The molecule has 0 unspecified atom stereocenters. The van der Waals surface area contributed by atoms with E-state index in [1.807, 2.05) is 6.07 Å². The Balaban J connectivity index is 1.68. The first kappa shape index (κ1) is 27.3. The van der Waals surface area contributed by atoms with Gasteiger partial charge in [0.05, 0.1) is 42.3 Å². The molecule has 1 atom stereocenters. The van der Waals surface area contributed by atoms with Crippen LogP contribution in [-0.2, 0) is 19.3 Å². The van der Waals surface area contributed by atoms with Crippen LogP contribution in [0.1, 0.15) is 53.2 Å². The van der Waals surface area contributed by atoms with Gasteiger partial charge >= 0.3 is 6.03 Å². The number of ether oxygens (including phenoxy) is 1. The molecule has 0 radical (unpaired) electrons. The number of sulfone groups is 1. The third kappa shape index (κ3) is 5.58. The molecule has 2 fully saturated rings. The Hall–Kier alpha value is -2.76. The molecule has 10 nitrogen and oxygen atoms in total. The molecule has 0 bridgehead atoms. The summed E-state index contributed by atoms with van der Waals surface area (Å²) >= 11 is 0. The van der Waals surface area contributed by atoms with Crippen molar-refractivity contribution in [3.63, 3.8) is 0 Å². The normalized spacial score (nSPS) is 19.5. The maximum Gasteiger partial charge on any atom is 0.319 e. The Morgan fingerprint density at radius 3 is 2.49 bits per heavy atom. The van der Waals surface area contributed by atoms with Gasteiger partial charge in [-0.15, -0.1) is 0 Å². The van der Waals surface area contributed by atoms with Gasteiger partial charge in [0, 0.05) is 23.9 Å². The summed E-state index contributed by atoms with van der Waals surface area (Å²) < 4.78 is 31.3. The van der Waals surface area contributed by atoms with Gasteiger partial charge in [-0.3, -0.25) is 0 Å². The summed E-state index contributed by atoms with van der Waals surface area (Å²) in [6, 6.07) is 8.58. The lowest BCUT2D eigenvalue weighted by molar-refractivity contribution is 0.0985. The van der Waals surface area contributed by atoms with Crippen molar-refractivity contribution < 1.29 is 23.1 Å². The fourth-order valence-corrected chi connectivity index (χ4v) is 6.44. The molecule has 11 heteroatoms. The highest BCUT2D eigenvalue weighted by atomic mass is 32.2. The second kappa shape index (κ2) is 10.2. The van der Waals surface area contributed by atoms with E-state index in [9.17, 15) is 18.3 Å². The van der Waals surface area contributed by atoms with Crippen LogP contribution in [0.15, 0.2) is 30.3 Å². The van der Waals surface area contributed by atoms with E-state index in [4.69, 9.17) is 14.7 Å². The zero-order valence-corrected chi connectivity index (χ0v) is 22.9. The summed E-state index contributed by atoms with van der Waals surface area (Å²) in [4.78, 5) is 24.0. The van der Waals surface area contributed by atoms with Crippen LogP contribution in [0.3, 0.4) is 0 Å². The fourth-order valence-electron chi connectivity index (χ4n) is 4.47. The van der Waals surface area contributed by atoms with Gasteiger partial charge in [-0.1, -0.05) is 0 Å². The number of anilines is 2. The molecule has 1 aromatic carbocycles. The number of carbonyl (C=O) groups excluding carboxylic acids is 1. The summed E-state index contributed by atoms with van der Waals surface area (Å²) in [6.07, 6.45) is 1.09. The minimum atomic E-state index is -3.42. The van der Waals surface area contributed by atoms with Crippen molar-refractivity contribution in [2.24, 2.45) is 0 Å². The highest BCUT2D eigenvalue weighted by Crippen LogP contribution is 2.54. The highest BCUT2D eigenvalue weighted by molar-refractivity contribution is 7.93. The molecule has 2 heterocycles. The lowest BCUT2D eigenvalue weighted by Crippen LogP contribution is -2.48. The number of benzene rings is 1. The number of amides is 2. The number of carbonyl (C=O) groups is 1. The topological polar surface area (TPSA) is 134 Å². The van der Waals surface area contributed by atoms with Crippen molar-refractivity contribution in [3.8, 4) is 11.4 Å². The molecular formula is C26H37N5O5S. The smallest absolute Gasteiger partial charge is 0.319 e. The Morgan fingerprint density at radius 1 is 1.24 bits per heavy atom. The minimum absolute atomic E-state index is 0.0921. The van der Waals surface area contributed by atoms with Crippen molar-refractivity contribution in [1.29, 1.82) is 0 Å². The van der Waals surface area contributed by atoms with E-state index in [1.54, 1.807) is 52.0 Å². The molecule has 4 rings (SSSR count). The number of hydrogen-bond acceptors (Lipinski definition) is 8. The predicted molar refractivity (Wildman–Crippen MR) is 143 cm³/mol. The Kier molecular flexibility index (Phi) is 7.51. The molecule has 1 aliphatic heterocycles. The van der Waals surface area contributed by atoms with Crippen LogP contribution in [0.25, 0.3) is 11.4 Å². The predicted octanol–water partition coefficient (Wildman–Crippen LogP) is 3.07. The van der Waals surface area contributed by atoms with E-state index in [2.05, 4.69) is 22.5 Å². The minimum Gasteiger partial charge on any atom is -0.394 e. The van der Waals surface area contributed by atoms with Gasteiger partial charge in [-0.25, -0.2) is 23.2 Å². The van der Waals surface area contributed by atoms with Crippen LogP contribution in [0.2, 0.25) is 0 Å². The van der Waals surface area contributed by atoms with Crippen molar-refractivity contribution in [2.45, 2.75) is 69.0 Å². The van der Waals surface area contributed by atoms with Gasteiger partial charge < -0.3 is 25.4 Å². The zero-order chi connectivity index (χ0) is 27.0. The molecule has 1 aromatic heterocycles. The lowest BCUT2D eigenvalue weighted by atomic mass is 10.1. The number of aliphatic hydroxyl groups excluding tert-OH is 1. The molecule has 1 aliphatic carbocycles. The second-order valence-corrected chi connectivity index (χ2v) is 13.7. The third-order valence-electron chi connectivity index (χ3n) is 6.96. The molecule has 0 spiro atoms. The van der Waals surface area contributed by atoms with Crippen molar-refractivity contribution in [2.75, 3.05) is 36.6 Å². The zero-order valence-electron chi connectivity index (χ0n) is 22.1. The molecule has 2 aromatic rings. The van der Waals surface area contributed by atoms with Crippen molar-refractivity contribution >= 4 is 27.4 Å². The van der Waals surface area contributed by atoms with Crippen molar-refractivity contribution in [1.82, 2.24) is 15.3 Å². The van der Waals surface area contributed by atoms with Crippen molar-refractivity contribution in [3.05, 3.63) is 36.0 Å². The molecule has 1 saturated carbocycles. The van der Waals surface area contributed by atoms with E-state index >= 15 is 0 Å². The first-order valence-corrected chi connectivity index (χ1v) is 14.2. The monoisotopic (exact) mass is 531 g/mol. The quantitative estimate of drug-likeness (QED) is 0.473. The maximum atomic E-state index is 13.3. The van der Waals surface area contributed by atoms with Crippen LogP contribution >= 0.6 is 0 Å². The number of nitrogens with zero attached hydrogens (tertiary/aromatic N) is 3. The van der Waals surface area contributed by atoms with Gasteiger partial charge in [0.25, 0.3) is 0 Å². The lowest BCUT2D eigenvalue weighted by Gasteiger charge is -2.35. The average Bonchev–Trinajstić information content (AvgIpc) is 3.67. The van der Waals surface area contributed by atoms with Crippen LogP contribution in [0.4, 0.5) is 16.3 Å². The number of hydrogen-bond donors (Lipinski definition) is 3. The summed E-state index contributed by atoms with van der Waals surface area (Å²) in [5.41, 5.74) is 1.06. The number of morpholine rings is 1. The van der Waals surface area contributed by atoms with Gasteiger partial charge in [0.1, 0.15) is 10.6 Å². The molecule has 3 N–H and O–H groups in total. The Morgan fingerprint density at radius 2 is 1.92 bits per heavy atom. The number of aromatic nitrogens is 2. The third-order valence-corrected chi connectivity index (χ3v) is 9.91. The second-order valence-electron chi connectivity index (χ2n) is 10.8. The number of aliphatic hydroxyl groups is 1. The SMILES string of the molecule is CC(C)S(=O)(=O)C1(c2cc(N3CCOC[C@@H]3C)nc(-c3ccc(NC(=O)NC(C)(C)CO)cc3)n2)CC1. The highest BCUT2D eigenvalue weighted by Gasteiger charge is 2.58. The fraction of sp³-hybridized carbons (Fsp3) is 0.577. The van der Waals surface area contributed by atoms with Crippen LogP contribution in [0.5, 0.6) is 0 Å². The number of urea groups is 1. The molecule has 37 heavy (non-hydrogen) atoms. The molecular weight excluding hydrogens is 494 g/mol. The van der Waals surface area contributed by atoms with E-state index in [1.165, 1.54) is 0 Å². The molecule has 2 aliphatic rings. The van der Waals surface area contributed by atoms with Gasteiger partial charge in [-0.2, -0.15) is 0 Å². The van der Waals surface area contributed by atoms with Crippen LogP contribution in [0, 0.1) is 0 Å². The summed E-state index contributed by atoms with van der Waals surface area (Å²) in [5, 5.41) is 14.3. The Labute approximate surface area is 218 Å². The maximum absolute atomic E-state index is 13.3. The van der Waals surface area contributed by atoms with E-state index in [-0.39, 0.29) is 12.6 Å². The standard InChI is InChI=1S/C26H37N5O5S/c1-17(2)37(34,35)26(10-11-26)21-14-22(31-12-13-36-15-18(31)3)29-23(28-21)19-6-8-20(9-7-19)27-24(33)30-25(4,5)16-32/h6-9,14,17-18,32H,10-13,15-16H2,1-5H3,(H2,27,30,33)/t18-/m0/s1. The van der Waals surface area contributed by atoms with E-state index in [0.717, 1.165) is 0 Å². The van der Waals surface area contributed by atoms with Gasteiger partial charge in [0.2, 0.25) is 0 Å². The number of nitrogens with one attached hydrogen (secondary N) is 2. The summed E-state index contributed by atoms with van der Waals surface area (Å²) in [7, 11) is -3.42. The van der Waals surface area contributed by atoms with E-state index in [0.29, 0.717) is 61.2 Å². The first-order valence-electron chi connectivity index (χ1n) is 12.7. The van der Waals surface area contributed by atoms with Gasteiger partial charge in [-0.05, 0) is 71.7 Å². The molecule has 2 amide bonds. The summed E-state index contributed by atoms with van der Waals surface area (Å²) in [6.45, 7) is 10.5. The van der Waals surface area contributed by atoms with Crippen LogP contribution in [-0.4, -0.2) is 72.7 Å². The average molecular weight is 532 g/mol. The molecule has 1 saturated heterocycles. The largest absolute Gasteiger partial charge is 0.394 e.